The van der Waals surface area contributed by atoms with Gasteiger partial charge in [0.2, 0.25) is 23.5 Å². The molecule has 8 nitrogen and oxygen atoms in total. The van der Waals surface area contributed by atoms with Gasteiger partial charge in [0.15, 0.2) is 0 Å². The monoisotopic (exact) mass is 457 g/mol. The van der Waals surface area contributed by atoms with Gasteiger partial charge in [0.05, 0.1) is 18.1 Å². The minimum absolute atomic E-state index is 0.00622. The zero-order valence-corrected chi connectivity index (χ0v) is 19.1. The van der Waals surface area contributed by atoms with Gasteiger partial charge in [-0.25, -0.2) is 0 Å². The van der Waals surface area contributed by atoms with Crippen LogP contribution in [0.1, 0.15) is 51.0 Å². The molecular formula is C23H28ClN5O3. The highest BCUT2D eigenvalue weighted by molar-refractivity contribution is 6.30. The normalized spacial score (nSPS) is 22.9. The number of likely N-dealkylation sites (tertiary alicyclic amines) is 1. The molecule has 1 aliphatic carbocycles. The Bertz CT molecular complexity index is 993. The first kappa shape index (κ1) is 21.6. The van der Waals surface area contributed by atoms with E-state index in [1.165, 1.54) is 4.90 Å². The highest BCUT2D eigenvalue weighted by Crippen LogP contribution is 2.46. The lowest BCUT2D eigenvalue weighted by atomic mass is 9.85. The van der Waals surface area contributed by atoms with Crippen molar-refractivity contribution in [3.8, 4) is 11.4 Å². The van der Waals surface area contributed by atoms with Crippen LogP contribution in [0.25, 0.3) is 11.4 Å². The van der Waals surface area contributed by atoms with Crippen LogP contribution in [0.5, 0.6) is 0 Å². The number of rotatable bonds is 5. The number of imide groups is 1. The summed E-state index contributed by atoms with van der Waals surface area (Å²) in [5.74, 6) is 1.18. The van der Waals surface area contributed by atoms with Crippen LogP contribution in [0, 0.1) is 5.41 Å². The second-order valence-electron chi connectivity index (χ2n) is 9.23. The SMILES string of the molecule is C[C@H](c1nc(-c2ccc(Cl)cc2)no1)N1CCN(CN2C(=O)CC3(CCCC3)C2=O)CC1. The molecule has 32 heavy (non-hydrogen) atoms. The summed E-state index contributed by atoms with van der Waals surface area (Å²) in [6, 6.07) is 7.34. The van der Waals surface area contributed by atoms with E-state index < -0.39 is 5.41 Å². The Balaban J connectivity index is 1.17. The number of piperazine rings is 1. The van der Waals surface area contributed by atoms with E-state index in [2.05, 4.69) is 26.9 Å². The molecule has 2 amide bonds. The highest BCUT2D eigenvalue weighted by Gasteiger charge is 2.52. The molecule has 9 heteroatoms. The van der Waals surface area contributed by atoms with Gasteiger partial charge in [-0.15, -0.1) is 0 Å². The van der Waals surface area contributed by atoms with E-state index in [9.17, 15) is 9.59 Å². The molecule has 5 rings (SSSR count). The molecule has 1 atom stereocenters. The van der Waals surface area contributed by atoms with Crippen LogP contribution >= 0.6 is 11.6 Å². The van der Waals surface area contributed by atoms with Gasteiger partial charge >= 0.3 is 0 Å². The first-order valence-corrected chi connectivity index (χ1v) is 11.7. The van der Waals surface area contributed by atoms with Gasteiger partial charge in [0.25, 0.3) is 0 Å². The lowest BCUT2D eigenvalue weighted by Gasteiger charge is -2.38. The summed E-state index contributed by atoms with van der Waals surface area (Å²) in [5.41, 5.74) is 0.467. The van der Waals surface area contributed by atoms with Crippen molar-refractivity contribution in [3.63, 3.8) is 0 Å². The van der Waals surface area contributed by atoms with E-state index in [1.54, 1.807) is 12.1 Å². The molecule has 2 aliphatic heterocycles. The number of nitrogens with zero attached hydrogens (tertiary/aromatic N) is 5. The zero-order chi connectivity index (χ0) is 22.3. The Hall–Kier alpha value is -2.29. The number of halogens is 1. The summed E-state index contributed by atoms with van der Waals surface area (Å²) in [4.78, 5) is 36.1. The van der Waals surface area contributed by atoms with Crippen molar-refractivity contribution in [2.45, 2.75) is 45.1 Å². The van der Waals surface area contributed by atoms with E-state index in [-0.39, 0.29) is 17.9 Å². The summed E-state index contributed by atoms with van der Waals surface area (Å²) in [6.07, 6.45) is 4.23. The lowest BCUT2D eigenvalue weighted by molar-refractivity contribution is -0.144. The molecule has 1 spiro atoms. The van der Waals surface area contributed by atoms with Crippen LogP contribution in [0.3, 0.4) is 0 Å². The van der Waals surface area contributed by atoms with Crippen LogP contribution < -0.4 is 0 Å². The van der Waals surface area contributed by atoms with E-state index in [1.807, 2.05) is 12.1 Å². The molecule has 1 saturated carbocycles. The van der Waals surface area contributed by atoms with Gasteiger partial charge < -0.3 is 4.52 Å². The topological polar surface area (TPSA) is 82.8 Å². The summed E-state index contributed by atoms with van der Waals surface area (Å²) in [6.45, 7) is 5.65. The molecule has 2 aromatic rings. The Morgan fingerprint density at radius 2 is 1.78 bits per heavy atom. The van der Waals surface area contributed by atoms with Crippen LogP contribution in [0.2, 0.25) is 5.02 Å². The number of benzene rings is 1. The number of aromatic nitrogens is 2. The molecule has 2 saturated heterocycles. The maximum absolute atomic E-state index is 12.9. The highest BCUT2D eigenvalue weighted by atomic mass is 35.5. The van der Waals surface area contributed by atoms with Crippen LogP contribution in [0.4, 0.5) is 0 Å². The third-order valence-corrected chi connectivity index (χ3v) is 7.50. The van der Waals surface area contributed by atoms with E-state index in [0.717, 1.165) is 57.4 Å². The number of carbonyl (C=O) groups excluding carboxylic acids is 2. The number of amides is 2. The second kappa shape index (κ2) is 8.57. The number of hydrogen-bond acceptors (Lipinski definition) is 7. The molecular weight excluding hydrogens is 430 g/mol. The molecule has 0 radical (unpaired) electrons. The minimum Gasteiger partial charge on any atom is -0.337 e. The maximum Gasteiger partial charge on any atom is 0.244 e. The van der Waals surface area contributed by atoms with Gasteiger partial charge in [-0.05, 0) is 44.0 Å². The molecule has 1 aromatic carbocycles. The Morgan fingerprint density at radius 3 is 2.47 bits per heavy atom. The van der Waals surface area contributed by atoms with Crippen LogP contribution in [-0.2, 0) is 9.59 Å². The van der Waals surface area contributed by atoms with E-state index in [4.69, 9.17) is 16.1 Å². The molecule has 3 aliphatic rings. The van der Waals surface area contributed by atoms with Crippen molar-refractivity contribution in [3.05, 3.63) is 35.2 Å². The lowest BCUT2D eigenvalue weighted by Crippen LogP contribution is -2.51. The van der Waals surface area contributed by atoms with Crippen molar-refractivity contribution in [2.75, 3.05) is 32.8 Å². The fourth-order valence-corrected chi connectivity index (χ4v) is 5.34. The minimum atomic E-state index is -0.396. The number of hydrogen-bond donors (Lipinski definition) is 0. The first-order valence-electron chi connectivity index (χ1n) is 11.4. The largest absolute Gasteiger partial charge is 0.337 e. The van der Waals surface area contributed by atoms with Gasteiger partial charge in [0.1, 0.15) is 0 Å². The van der Waals surface area contributed by atoms with Crippen LogP contribution in [-0.4, -0.2) is 69.5 Å². The predicted molar refractivity (Wildman–Crippen MR) is 119 cm³/mol. The van der Waals surface area contributed by atoms with Gasteiger partial charge in [-0.1, -0.05) is 29.6 Å². The Kier molecular flexibility index (Phi) is 5.77. The predicted octanol–water partition coefficient (Wildman–Crippen LogP) is 3.35. The fraction of sp³-hybridized carbons (Fsp3) is 0.565. The molecule has 1 aromatic heterocycles. The fourth-order valence-electron chi connectivity index (χ4n) is 5.21. The average Bonchev–Trinajstić information content (AvgIpc) is 3.52. The van der Waals surface area contributed by atoms with Gasteiger partial charge in [-0.3, -0.25) is 24.3 Å². The molecule has 3 fully saturated rings. The molecule has 0 N–H and O–H groups in total. The Morgan fingerprint density at radius 1 is 1.09 bits per heavy atom. The van der Waals surface area contributed by atoms with E-state index in [0.29, 0.717) is 29.8 Å². The van der Waals surface area contributed by atoms with E-state index >= 15 is 0 Å². The molecule has 170 valence electrons. The molecule has 0 bridgehead atoms. The van der Waals surface area contributed by atoms with Crippen molar-refractivity contribution < 1.29 is 14.1 Å². The van der Waals surface area contributed by atoms with Crippen LogP contribution in [0.15, 0.2) is 28.8 Å². The Labute approximate surface area is 192 Å². The molecule has 3 heterocycles. The maximum atomic E-state index is 12.9. The summed E-state index contributed by atoms with van der Waals surface area (Å²) in [5, 5.41) is 4.79. The van der Waals surface area contributed by atoms with Crippen molar-refractivity contribution >= 4 is 23.4 Å². The van der Waals surface area contributed by atoms with Crippen molar-refractivity contribution in [1.29, 1.82) is 0 Å². The van der Waals surface area contributed by atoms with Gasteiger partial charge in [0, 0.05) is 43.2 Å². The van der Waals surface area contributed by atoms with Gasteiger partial charge in [-0.2, -0.15) is 4.98 Å². The average molecular weight is 458 g/mol. The van der Waals surface area contributed by atoms with Crippen molar-refractivity contribution in [2.24, 2.45) is 5.41 Å². The smallest absolute Gasteiger partial charge is 0.244 e. The third-order valence-electron chi connectivity index (χ3n) is 7.25. The summed E-state index contributed by atoms with van der Waals surface area (Å²) in [7, 11) is 0. The zero-order valence-electron chi connectivity index (χ0n) is 18.3. The second-order valence-corrected chi connectivity index (χ2v) is 9.66. The standard InChI is InChI=1S/C23H28ClN5O3/c1-16(21-25-20(26-32-21)17-4-6-18(24)7-5-17)28-12-10-27(11-13-28)15-29-19(30)14-23(22(29)31)8-2-3-9-23/h4-7,16H,2-3,8-15H2,1H3/t16-/m1/s1. The number of carbonyl (C=O) groups is 2. The third kappa shape index (κ3) is 3.95. The van der Waals surface area contributed by atoms with Crippen molar-refractivity contribution in [1.82, 2.24) is 24.8 Å². The first-order chi connectivity index (χ1) is 15.4. The quantitative estimate of drug-likeness (QED) is 0.636. The molecule has 0 unspecified atom stereocenters. The summed E-state index contributed by atoms with van der Waals surface area (Å²) < 4.78 is 5.53. The summed E-state index contributed by atoms with van der Waals surface area (Å²) >= 11 is 5.95.